The predicted octanol–water partition coefficient (Wildman–Crippen LogP) is 0.210. The molecule has 2 aliphatic heterocycles. The molecular weight excluding hydrogens is 306 g/mol. The van der Waals surface area contributed by atoms with Crippen LogP contribution in [0.25, 0.3) is 0 Å². The average molecular weight is 323 g/mol. The predicted molar refractivity (Wildman–Crippen MR) is 79.5 cm³/mol. The summed E-state index contributed by atoms with van der Waals surface area (Å²) >= 11 is 0. The number of hydrogen-bond acceptors (Lipinski definition) is 4. The van der Waals surface area contributed by atoms with Crippen molar-refractivity contribution in [1.29, 1.82) is 0 Å². The second-order valence-corrected chi connectivity index (χ2v) is 7.43. The first-order chi connectivity index (χ1) is 10.4. The standard InChI is InChI=1S/C14H17N3O4S/c15-14(19)12-2-1-7-17(12)22(20,21)10-4-5-11-9(8-10)3-6-13(18)16-11/h4-5,8,12H,1-3,6-7H2,(H2,15,19)(H,16,18)/t12-/m0/s1. The molecule has 3 rings (SSSR count). The molecule has 2 amide bonds. The molecule has 8 heteroatoms. The van der Waals surface area contributed by atoms with Gasteiger partial charge in [-0.1, -0.05) is 0 Å². The van der Waals surface area contributed by atoms with Crippen LogP contribution in [0.2, 0.25) is 0 Å². The smallest absolute Gasteiger partial charge is 0.243 e. The van der Waals surface area contributed by atoms with Crippen LogP contribution in [-0.4, -0.2) is 37.1 Å². The highest BCUT2D eigenvalue weighted by Gasteiger charge is 2.38. The number of nitrogens with two attached hydrogens (primary N) is 1. The van der Waals surface area contributed by atoms with Gasteiger partial charge < -0.3 is 11.1 Å². The topological polar surface area (TPSA) is 110 Å². The van der Waals surface area contributed by atoms with Crippen LogP contribution < -0.4 is 11.1 Å². The molecular formula is C14H17N3O4S. The zero-order chi connectivity index (χ0) is 15.9. The number of nitrogens with one attached hydrogen (secondary N) is 1. The minimum absolute atomic E-state index is 0.0727. The molecule has 1 fully saturated rings. The van der Waals surface area contributed by atoms with E-state index >= 15 is 0 Å². The molecule has 0 saturated carbocycles. The van der Waals surface area contributed by atoms with Crippen LogP contribution in [0.3, 0.4) is 0 Å². The maximum atomic E-state index is 12.7. The number of nitrogens with zero attached hydrogens (tertiary/aromatic N) is 1. The van der Waals surface area contributed by atoms with Gasteiger partial charge in [-0.2, -0.15) is 4.31 Å². The minimum Gasteiger partial charge on any atom is -0.368 e. The number of sulfonamides is 1. The van der Waals surface area contributed by atoms with Crippen LogP contribution in [0.15, 0.2) is 23.1 Å². The van der Waals surface area contributed by atoms with Gasteiger partial charge in [0.15, 0.2) is 0 Å². The molecule has 118 valence electrons. The Bertz CT molecular complexity index is 744. The molecule has 7 nitrogen and oxygen atoms in total. The van der Waals surface area contributed by atoms with E-state index in [-0.39, 0.29) is 10.8 Å². The van der Waals surface area contributed by atoms with E-state index in [2.05, 4.69) is 5.32 Å². The third-order valence-corrected chi connectivity index (χ3v) is 6.02. The Morgan fingerprint density at radius 3 is 2.82 bits per heavy atom. The summed E-state index contributed by atoms with van der Waals surface area (Å²) in [4.78, 5) is 22.9. The van der Waals surface area contributed by atoms with Crippen LogP contribution in [0.5, 0.6) is 0 Å². The van der Waals surface area contributed by atoms with Crippen molar-refractivity contribution < 1.29 is 18.0 Å². The molecule has 0 spiro atoms. The molecule has 2 heterocycles. The highest BCUT2D eigenvalue weighted by molar-refractivity contribution is 7.89. The van der Waals surface area contributed by atoms with Crippen molar-refractivity contribution >= 4 is 27.5 Å². The Hall–Kier alpha value is -1.93. The number of fused-ring (bicyclic) bond motifs is 1. The van der Waals surface area contributed by atoms with Crippen molar-refractivity contribution in [3.63, 3.8) is 0 Å². The van der Waals surface area contributed by atoms with E-state index in [1.54, 1.807) is 12.1 Å². The number of primary amides is 1. The Balaban J connectivity index is 1.96. The normalized spacial score (nSPS) is 22.2. The third-order valence-electron chi connectivity index (χ3n) is 4.11. The Kier molecular flexibility index (Phi) is 3.65. The fraction of sp³-hybridized carbons (Fsp3) is 0.429. The van der Waals surface area contributed by atoms with Crippen LogP contribution in [0.4, 0.5) is 5.69 Å². The summed E-state index contributed by atoms with van der Waals surface area (Å²) in [7, 11) is -3.76. The molecule has 0 radical (unpaired) electrons. The highest BCUT2D eigenvalue weighted by atomic mass is 32.2. The summed E-state index contributed by atoms with van der Waals surface area (Å²) in [6, 6.07) is 3.84. The van der Waals surface area contributed by atoms with Crippen LogP contribution in [0.1, 0.15) is 24.8 Å². The number of benzene rings is 1. The monoisotopic (exact) mass is 323 g/mol. The lowest BCUT2D eigenvalue weighted by Gasteiger charge is -2.23. The number of amides is 2. The van der Waals surface area contributed by atoms with Gasteiger partial charge in [-0.15, -0.1) is 0 Å². The van der Waals surface area contributed by atoms with Gasteiger partial charge in [-0.05, 0) is 43.0 Å². The lowest BCUT2D eigenvalue weighted by molar-refractivity contribution is -0.121. The molecule has 1 saturated heterocycles. The van der Waals surface area contributed by atoms with E-state index in [0.717, 1.165) is 5.56 Å². The number of anilines is 1. The van der Waals surface area contributed by atoms with Gasteiger partial charge in [0, 0.05) is 18.7 Å². The van der Waals surface area contributed by atoms with Gasteiger partial charge in [0.05, 0.1) is 4.90 Å². The summed E-state index contributed by atoms with van der Waals surface area (Å²) < 4.78 is 26.6. The number of rotatable bonds is 3. The maximum absolute atomic E-state index is 12.7. The van der Waals surface area contributed by atoms with E-state index in [4.69, 9.17) is 5.73 Å². The zero-order valence-corrected chi connectivity index (χ0v) is 12.7. The first-order valence-electron chi connectivity index (χ1n) is 7.13. The van der Waals surface area contributed by atoms with Gasteiger partial charge in [-0.25, -0.2) is 8.42 Å². The number of hydrogen-bond donors (Lipinski definition) is 2. The molecule has 1 aromatic rings. The second kappa shape index (κ2) is 5.36. The second-order valence-electron chi connectivity index (χ2n) is 5.54. The van der Waals surface area contributed by atoms with Crippen LogP contribution >= 0.6 is 0 Å². The molecule has 1 atom stereocenters. The lowest BCUT2D eigenvalue weighted by atomic mass is 10.0. The third kappa shape index (κ3) is 2.48. The maximum Gasteiger partial charge on any atom is 0.243 e. The fourth-order valence-corrected chi connectivity index (χ4v) is 4.68. The number of carbonyl (C=O) groups is 2. The first-order valence-corrected chi connectivity index (χ1v) is 8.57. The molecule has 0 unspecified atom stereocenters. The van der Waals surface area contributed by atoms with Crippen molar-refractivity contribution in [2.75, 3.05) is 11.9 Å². The molecule has 1 aromatic carbocycles. The molecule has 2 aliphatic rings. The van der Waals surface area contributed by atoms with Gasteiger partial charge in [0.1, 0.15) is 6.04 Å². The van der Waals surface area contributed by atoms with Gasteiger partial charge in [-0.3, -0.25) is 9.59 Å². The summed E-state index contributed by atoms with van der Waals surface area (Å²) in [5, 5.41) is 2.71. The Morgan fingerprint density at radius 2 is 2.09 bits per heavy atom. The van der Waals surface area contributed by atoms with E-state index in [1.165, 1.54) is 10.4 Å². The van der Waals surface area contributed by atoms with E-state index in [0.29, 0.717) is 37.9 Å². The fourth-order valence-electron chi connectivity index (χ4n) is 2.97. The van der Waals surface area contributed by atoms with Crippen molar-refractivity contribution in [3.05, 3.63) is 23.8 Å². The van der Waals surface area contributed by atoms with Gasteiger partial charge in [0.25, 0.3) is 0 Å². The summed E-state index contributed by atoms with van der Waals surface area (Å²) in [6.07, 6.45) is 1.91. The summed E-state index contributed by atoms with van der Waals surface area (Å²) in [5.74, 6) is -0.692. The minimum atomic E-state index is -3.76. The number of aryl methyl sites for hydroxylation is 1. The molecule has 0 aromatic heterocycles. The average Bonchev–Trinajstić information content (AvgIpc) is 2.97. The number of carbonyl (C=O) groups excluding carboxylic acids is 2. The van der Waals surface area contributed by atoms with E-state index < -0.39 is 22.0 Å². The van der Waals surface area contributed by atoms with Crippen LogP contribution in [-0.2, 0) is 26.0 Å². The van der Waals surface area contributed by atoms with Crippen molar-refractivity contribution in [2.24, 2.45) is 5.73 Å². The quantitative estimate of drug-likeness (QED) is 0.828. The lowest BCUT2D eigenvalue weighted by Crippen LogP contribution is -2.43. The highest BCUT2D eigenvalue weighted by Crippen LogP contribution is 2.30. The Morgan fingerprint density at radius 1 is 1.32 bits per heavy atom. The molecule has 0 bridgehead atoms. The Labute approximate surface area is 128 Å². The first kappa shape index (κ1) is 15.0. The van der Waals surface area contributed by atoms with Crippen LogP contribution in [0, 0.1) is 0 Å². The van der Waals surface area contributed by atoms with Crippen molar-refractivity contribution in [3.8, 4) is 0 Å². The SMILES string of the molecule is NC(=O)[C@@H]1CCCN1S(=O)(=O)c1ccc2c(c1)CCC(=O)N2. The van der Waals surface area contributed by atoms with Crippen molar-refractivity contribution in [2.45, 2.75) is 36.6 Å². The van der Waals surface area contributed by atoms with E-state index in [1.807, 2.05) is 0 Å². The molecule has 0 aliphatic carbocycles. The summed E-state index contributed by atoms with van der Waals surface area (Å²) in [6.45, 7) is 0.295. The zero-order valence-electron chi connectivity index (χ0n) is 11.9. The van der Waals surface area contributed by atoms with Crippen molar-refractivity contribution in [1.82, 2.24) is 4.31 Å². The molecule has 3 N–H and O–H groups in total. The summed E-state index contributed by atoms with van der Waals surface area (Å²) in [5.41, 5.74) is 6.73. The van der Waals surface area contributed by atoms with E-state index in [9.17, 15) is 18.0 Å². The van der Waals surface area contributed by atoms with Gasteiger partial charge >= 0.3 is 0 Å². The largest absolute Gasteiger partial charge is 0.368 e. The molecule has 22 heavy (non-hydrogen) atoms. The van der Waals surface area contributed by atoms with Gasteiger partial charge in [0.2, 0.25) is 21.8 Å².